The maximum atomic E-state index is 9.46. The topological polar surface area (TPSA) is 66.7 Å². The number of benzene rings is 1. The minimum absolute atomic E-state index is 0.117. The monoisotopic (exact) mass is 290 g/mol. The van der Waals surface area contributed by atoms with Gasteiger partial charge in [0, 0.05) is 5.56 Å². The molecule has 2 N–H and O–H groups in total. The highest BCUT2D eigenvalue weighted by Crippen LogP contribution is 2.24. The van der Waals surface area contributed by atoms with Crippen molar-refractivity contribution in [3.8, 4) is 5.95 Å². The van der Waals surface area contributed by atoms with E-state index in [0.717, 1.165) is 29.6 Å². The molecule has 0 spiro atoms. The Morgan fingerprint density at radius 3 is 2.85 bits per heavy atom. The highest BCUT2D eigenvalue weighted by atomic mass is 35.5. The lowest BCUT2D eigenvalue weighted by Crippen LogP contribution is -1.99. The van der Waals surface area contributed by atoms with Crippen LogP contribution in [0.25, 0.3) is 17.0 Å². The molecule has 0 atom stereocenters. The lowest BCUT2D eigenvalue weighted by molar-refractivity contribution is 0.280. The van der Waals surface area contributed by atoms with Gasteiger partial charge in [0.2, 0.25) is 5.95 Å². The maximum absolute atomic E-state index is 9.46. The van der Waals surface area contributed by atoms with Crippen LogP contribution in [0, 0.1) is 0 Å². The van der Waals surface area contributed by atoms with Crippen LogP contribution in [0.15, 0.2) is 24.3 Å². The number of nitrogens with zero attached hydrogens (tertiary/aromatic N) is 3. The second-order valence-corrected chi connectivity index (χ2v) is 4.97. The number of hydrogen-bond acceptors (Lipinski definition) is 3. The van der Waals surface area contributed by atoms with E-state index in [9.17, 15) is 5.11 Å². The van der Waals surface area contributed by atoms with Gasteiger partial charge in [0.25, 0.3) is 0 Å². The van der Waals surface area contributed by atoms with Crippen molar-refractivity contribution in [1.82, 2.24) is 19.7 Å². The van der Waals surface area contributed by atoms with Crippen molar-refractivity contribution in [3.05, 3.63) is 40.7 Å². The summed E-state index contributed by atoms with van der Waals surface area (Å²) in [7, 11) is 0. The summed E-state index contributed by atoms with van der Waals surface area (Å²) in [6.45, 7) is 1.95. The first-order chi connectivity index (χ1) is 9.74. The average molecular weight is 291 g/mol. The summed E-state index contributed by atoms with van der Waals surface area (Å²) < 4.78 is 1.55. The molecule has 0 bridgehead atoms. The van der Waals surface area contributed by atoms with Gasteiger partial charge in [-0.1, -0.05) is 37.1 Å². The Balaban J connectivity index is 2.13. The van der Waals surface area contributed by atoms with E-state index >= 15 is 0 Å². The molecule has 0 unspecified atom stereocenters. The molecule has 104 valence electrons. The third-order valence-electron chi connectivity index (χ3n) is 3.23. The quantitative estimate of drug-likeness (QED) is 0.776. The average Bonchev–Trinajstić information content (AvgIpc) is 3.00. The number of aromatic nitrogens is 4. The minimum Gasteiger partial charge on any atom is -0.391 e. The molecule has 6 heteroatoms. The van der Waals surface area contributed by atoms with Gasteiger partial charge in [-0.3, -0.25) is 0 Å². The summed E-state index contributed by atoms with van der Waals surface area (Å²) in [6.07, 6.45) is 1.73. The molecule has 0 fully saturated rings. The predicted octanol–water partition coefficient (Wildman–Crippen LogP) is 2.85. The minimum atomic E-state index is -0.117. The summed E-state index contributed by atoms with van der Waals surface area (Å²) in [5, 5.41) is 14.3. The van der Waals surface area contributed by atoms with E-state index in [0.29, 0.717) is 16.7 Å². The zero-order valence-corrected chi connectivity index (χ0v) is 11.9. The fraction of sp³-hybridized carbons (Fsp3) is 0.286. The SMILES string of the molecule is CCCc1nn(-c2nc3ccccc3[nH]2)c(Cl)c1CO. The highest BCUT2D eigenvalue weighted by Gasteiger charge is 2.18. The number of aliphatic hydroxyl groups excluding tert-OH is 1. The van der Waals surface area contributed by atoms with E-state index in [2.05, 4.69) is 22.0 Å². The Kier molecular flexibility index (Phi) is 3.46. The number of imidazole rings is 1. The van der Waals surface area contributed by atoms with E-state index in [1.807, 2.05) is 24.3 Å². The second-order valence-electron chi connectivity index (χ2n) is 4.61. The predicted molar refractivity (Wildman–Crippen MR) is 78.1 cm³/mol. The zero-order chi connectivity index (χ0) is 14.1. The number of H-pyrrole nitrogens is 1. The van der Waals surface area contributed by atoms with Gasteiger partial charge in [-0.15, -0.1) is 0 Å². The molecule has 0 radical (unpaired) electrons. The van der Waals surface area contributed by atoms with Crippen molar-refractivity contribution in [2.24, 2.45) is 0 Å². The highest BCUT2D eigenvalue weighted by molar-refractivity contribution is 6.30. The summed E-state index contributed by atoms with van der Waals surface area (Å²) in [4.78, 5) is 7.65. The van der Waals surface area contributed by atoms with Crippen LogP contribution < -0.4 is 0 Å². The molecular weight excluding hydrogens is 276 g/mol. The molecule has 1 aromatic carbocycles. The molecule has 3 rings (SSSR count). The Hall–Kier alpha value is -1.85. The Morgan fingerprint density at radius 1 is 1.35 bits per heavy atom. The van der Waals surface area contributed by atoms with Crippen molar-refractivity contribution in [3.63, 3.8) is 0 Å². The van der Waals surface area contributed by atoms with Gasteiger partial charge in [-0.2, -0.15) is 9.78 Å². The van der Waals surface area contributed by atoms with Gasteiger partial charge in [0.05, 0.1) is 23.3 Å². The van der Waals surface area contributed by atoms with Crippen molar-refractivity contribution in [2.45, 2.75) is 26.4 Å². The number of aromatic amines is 1. The van der Waals surface area contributed by atoms with Crippen molar-refractivity contribution < 1.29 is 5.11 Å². The Bertz CT molecular complexity index is 714. The molecule has 2 aromatic heterocycles. The van der Waals surface area contributed by atoms with Gasteiger partial charge in [-0.25, -0.2) is 4.98 Å². The largest absolute Gasteiger partial charge is 0.391 e. The number of nitrogens with one attached hydrogen (secondary N) is 1. The molecule has 3 aromatic rings. The first-order valence-electron chi connectivity index (χ1n) is 6.56. The Morgan fingerprint density at radius 2 is 2.15 bits per heavy atom. The molecular formula is C14H15ClN4O. The number of aliphatic hydroxyl groups is 1. The van der Waals surface area contributed by atoms with Crippen molar-refractivity contribution in [2.75, 3.05) is 0 Å². The third-order valence-corrected chi connectivity index (χ3v) is 3.61. The lowest BCUT2D eigenvalue weighted by atomic mass is 10.2. The van der Waals surface area contributed by atoms with Gasteiger partial charge >= 0.3 is 0 Å². The lowest BCUT2D eigenvalue weighted by Gasteiger charge is -1.97. The van der Waals surface area contributed by atoms with E-state index in [1.165, 1.54) is 0 Å². The second kappa shape index (κ2) is 5.26. The summed E-state index contributed by atoms with van der Waals surface area (Å²) in [6, 6.07) is 7.74. The van der Waals surface area contributed by atoms with E-state index in [1.54, 1.807) is 4.68 Å². The van der Waals surface area contributed by atoms with Gasteiger partial charge in [0.15, 0.2) is 0 Å². The van der Waals surface area contributed by atoms with Crippen LogP contribution in [0.5, 0.6) is 0 Å². The van der Waals surface area contributed by atoms with Crippen LogP contribution in [-0.4, -0.2) is 24.9 Å². The van der Waals surface area contributed by atoms with Gasteiger partial charge in [0.1, 0.15) is 5.15 Å². The fourth-order valence-electron chi connectivity index (χ4n) is 2.25. The van der Waals surface area contributed by atoms with Crippen LogP contribution in [0.1, 0.15) is 24.6 Å². The molecule has 0 aliphatic carbocycles. The zero-order valence-electron chi connectivity index (χ0n) is 11.1. The van der Waals surface area contributed by atoms with Crippen LogP contribution in [0.4, 0.5) is 0 Å². The number of para-hydroxylation sites is 2. The standard InChI is InChI=1S/C14H15ClN4O/c1-2-5-10-9(8-20)13(15)19(18-10)14-16-11-6-3-4-7-12(11)17-14/h3-4,6-7,20H,2,5,8H2,1H3,(H,16,17). The molecule has 0 saturated carbocycles. The van der Waals surface area contributed by atoms with Gasteiger partial charge < -0.3 is 10.1 Å². The van der Waals surface area contributed by atoms with Crippen LogP contribution in [0.2, 0.25) is 5.15 Å². The number of aryl methyl sites for hydroxylation is 1. The summed E-state index contributed by atoms with van der Waals surface area (Å²) in [5.41, 5.74) is 3.28. The van der Waals surface area contributed by atoms with E-state index in [4.69, 9.17) is 11.6 Å². The number of hydrogen-bond donors (Lipinski definition) is 2. The molecule has 0 amide bonds. The molecule has 0 saturated heterocycles. The third kappa shape index (κ3) is 2.09. The van der Waals surface area contributed by atoms with E-state index < -0.39 is 0 Å². The van der Waals surface area contributed by atoms with Crippen LogP contribution in [-0.2, 0) is 13.0 Å². The molecule has 5 nitrogen and oxygen atoms in total. The number of halogens is 1. The Labute approximate surface area is 121 Å². The van der Waals surface area contributed by atoms with Crippen LogP contribution in [0.3, 0.4) is 0 Å². The first-order valence-corrected chi connectivity index (χ1v) is 6.94. The molecule has 20 heavy (non-hydrogen) atoms. The normalized spacial score (nSPS) is 11.3. The summed E-state index contributed by atoms with van der Waals surface area (Å²) >= 11 is 6.31. The van der Waals surface area contributed by atoms with Crippen molar-refractivity contribution in [1.29, 1.82) is 0 Å². The van der Waals surface area contributed by atoms with Crippen molar-refractivity contribution >= 4 is 22.6 Å². The maximum Gasteiger partial charge on any atom is 0.230 e. The molecule has 0 aliphatic rings. The number of rotatable bonds is 4. The fourth-order valence-corrected chi connectivity index (χ4v) is 2.53. The van der Waals surface area contributed by atoms with E-state index in [-0.39, 0.29) is 6.61 Å². The van der Waals surface area contributed by atoms with Gasteiger partial charge in [-0.05, 0) is 18.6 Å². The summed E-state index contributed by atoms with van der Waals surface area (Å²) in [5.74, 6) is 0.563. The smallest absolute Gasteiger partial charge is 0.230 e. The first kappa shape index (κ1) is 13.1. The number of fused-ring (bicyclic) bond motifs is 1. The molecule has 2 heterocycles. The molecule has 0 aliphatic heterocycles. The van der Waals surface area contributed by atoms with Crippen LogP contribution >= 0.6 is 11.6 Å².